The number of carbonyl (C=O) groups excluding carboxylic acids is 1. The van der Waals surface area contributed by atoms with Crippen LogP contribution in [0.4, 0.5) is 11.4 Å². The third-order valence-electron chi connectivity index (χ3n) is 4.15. The Morgan fingerprint density at radius 2 is 1.79 bits per heavy atom. The summed E-state index contributed by atoms with van der Waals surface area (Å²) >= 11 is 0. The van der Waals surface area contributed by atoms with Gasteiger partial charge in [0, 0.05) is 24.0 Å². The van der Waals surface area contributed by atoms with E-state index in [-0.39, 0.29) is 12.0 Å². The molecule has 1 aromatic heterocycles. The Bertz CT molecular complexity index is 956. The molecule has 0 aliphatic heterocycles. The zero-order chi connectivity index (χ0) is 20.6. The van der Waals surface area contributed by atoms with Crippen LogP contribution in [0.3, 0.4) is 0 Å². The first-order valence-electron chi connectivity index (χ1n) is 9.44. The monoisotopic (exact) mass is 391 g/mol. The molecule has 0 spiro atoms. The first-order valence-corrected chi connectivity index (χ1v) is 9.44. The topological polar surface area (TPSA) is 72.5 Å². The molecular weight excluding hydrogens is 366 g/mol. The smallest absolute Gasteiger partial charge is 0.253 e. The van der Waals surface area contributed by atoms with Crippen LogP contribution in [-0.2, 0) is 6.54 Å². The molecule has 2 N–H and O–H groups in total. The second-order valence-corrected chi connectivity index (χ2v) is 6.77. The van der Waals surface area contributed by atoms with E-state index in [9.17, 15) is 4.79 Å². The van der Waals surface area contributed by atoms with Crippen molar-refractivity contribution in [2.75, 3.05) is 12.4 Å². The molecule has 1 heterocycles. The average molecular weight is 391 g/mol. The molecule has 0 unspecified atom stereocenters. The maximum atomic E-state index is 12.5. The number of pyridine rings is 1. The predicted octanol–water partition coefficient (Wildman–Crippen LogP) is 4.55. The van der Waals surface area contributed by atoms with Crippen molar-refractivity contribution in [2.45, 2.75) is 26.5 Å². The second-order valence-electron chi connectivity index (χ2n) is 6.77. The summed E-state index contributed by atoms with van der Waals surface area (Å²) < 4.78 is 11.0. The van der Waals surface area contributed by atoms with Gasteiger partial charge in [0.2, 0.25) is 0 Å². The number of amides is 1. The number of hydrogen-bond acceptors (Lipinski definition) is 5. The maximum absolute atomic E-state index is 12.5. The number of carbonyl (C=O) groups is 1. The minimum absolute atomic E-state index is 0.129. The molecule has 0 saturated heterocycles. The van der Waals surface area contributed by atoms with Crippen LogP contribution in [-0.4, -0.2) is 24.1 Å². The van der Waals surface area contributed by atoms with Crippen molar-refractivity contribution < 1.29 is 14.3 Å². The van der Waals surface area contributed by atoms with Crippen LogP contribution in [0.15, 0.2) is 67.0 Å². The van der Waals surface area contributed by atoms with Crippen LogP contribution in [0.25, 0.3) is 0 Å². The number of nitrogens with one attached hydrogen (secondary N) is 2. The lowest BCUT2D eigenvalue weighted by molar-refractivity contribution is 0.0950. The average Bonchev–Trinajstić information content (AvgIpc) is 2.73. The van der Waals surface area contributed by atoms with Crippen LogP contribution in [0, 0.1) is 0 Å². The lowest BCUT2D eigenvalue weighted by Crippen LogP contribution is -2.23. The van der Waals surface area contributed by atoms with Gasteiger partial charge in [0.15, 0.2) is 0 Å². The van der Waals surface area contributed by atoms with Crippen molar-refractivity contribution in [3.8, 4) is 11.5 Å². The summed E-state index contributed by atoms with van der Waals surface area (Å²) in [6.45, 7) is 4.35. The highest BCUT2D eigenvalue weighted by molar-refractivity contribution is 5.94. The van der Waals surface area contributed by atoms with Crippen molar-refractivity contribution in [1.29, 1.82) is 0 Å². The van der Waals surface area contributed by atoms with Crippen molar-refractivity contribution in [3.63, 3.8) is 0 Å². The summed E-state index contributed by atoms with van der Waals surface area (Å²) in [5.41, 5.74) is 3.00. The summed E-state index contributed by atoms with van der Waals surface area (Å²) in [5, 5.41) is 6.16. The minimum Gasteiger partial charge on any atom is -0.496 e. The van der Waals surface area contributed by atoms with E-state index in [1.54, 1.807) is 25.6 Å². The molecule has 0 bridgehead atoms. The summed E-state index contributed by atoms with van der Waals surface area (Å²) in [6.07, 6.45) is 3.35. The van der Waals surface area contributed by atoms with Gasteiger partial charge in [-0.25, -0.2) is 0 Å². The molecule has 0 saturated carbocycles. The third kappa shape index (κ3) is 5.72. The number of aromatic nitrogens is 1. The zero-order valence-corrected chi connectivity index (χ0v) is 16.8. The van der Waals surface area contributed by atoms with Gasteiger partial charge in [-0.2, -0.15) is 0 Å². The van der Waals surface area contributed by atoms with E-state index in [1.165, 1.54) is 0 Å². The van der Waals surface area contributed by atoms with E-state index in [1.807, 2.05) is 62.4 Å². The quantitative estimate of drug-likeness (QED) is 0.589. The Hall–Kier alpha value is -3.54. The zero-order valence-electron chi connectivity index (χ0n) is 16.8. The largest absolute Gasteiger partial charge is 0.496 e. The van der Waals surface area contributed by atoms with Gasteiger partial charge in [-0.1, -0.05) is 18.2 Å². The van der Waals surface area contributed by atoms with Gasteiger partial charge in [0.25, 0.3) is 5.91 Å². The van der Waals surface area contributed by atoms with Crippen molar-refractivity contribution in [3.05, 3.63) is 78.1 Å². The Balaban J connectivity index is 1.63. The van der Waals surface area contributed by atoms with Crippen molar-refractivity contribution >= 4 is 17.3 Å². The number of para-hydroxylation sites is 1. The fourth-order valence-electron chi connectivity index (χ4n) is 2.81. The van der Waals surface area contributed by atoms with E-state index in [4.69, 9.17) is 9.47 Å². The van der Waals surface area contributed by atoms with E-state index in [2.05, 4.69) is 15.6 Å². The molecule has 0 fully saturated rings. The number of benzene rings is 2. The highest BCUT2D eigenvalue weighted by Crippen LogP contribution is 2.21. The number of rotatable bonds is 8. The fraction of sp³-hybridized carbons (Fsp3) is 0.217. The van der Waals surface area contributed by atoms with E-state index >= 15 is 0 Å². The predicted molar refractivity (Wildman–Crippen MR) is 114 cm³/mol. The Morgan fingerprint density at radius 3 is 2.52 bits per heavy atom. The molecule has 2 aromatic carbocycles. The highest BCUT2D eigenvalue weighted by atomic mass is 16.5. The third-order valence-corrected chi connectivity index (χ3v) is 4.15. The normalized spacial score (nSPS) is 10.5. The molecule has 29 heavy (non-hydrogen) atoms. The molecular formula is C23H25N3O3. The lowest BCUT2D eigenvalue weighted by atomic mass is 10.2. The van der Waals surface area contributed by atoms with Gasteiger partial charge in [-0.15, -0.1) is 0 Å². The Morgan fingerprint density at radius 1 is 1.03 bits per heavy atom. The summed E-state index contributed by atoms with van der Waals surface area (Å²) in [5.74, 6) is 1.35. The van der Waals surface area contributed by atoms with Gasteiger partial charge in [0.05, 0.1) is 30.7 Å². The number of nitrogens with zero attached hydrogens (tertiary/aromatic N) is 1. The van der Waals surface area contributed by atoms with Gasteiger partial charge >= 0.3 is 0 Å². The maximum Gasteiger partial charge on any atom is 0.253 e. The lowest BCUT2D eigenvalue weighted by Gasteiger charge is -2.12. The molecule has 1 amide bonds. The molecule has 0 aliphatic rings. The first-order chi connectivity index (χ1) is 14.0. The molecule has 0 radical (unpaired) electrons. The van der Waals surface area contributed by atoms with Crippen molar-refractivity contribution in [1.82, 2.24) is 10.3 Å². The molecule has 0 aliphatic carbocycles. The summed E-state index contributed by atoms with van der Waals surface area (Å²) in [6, 6.07) is 17.0. The molecule has 0 atom stereocenters. The van der Waals surface area contributed by atoms with Crippen LogP contribution in [0.2, 0.25) is 0 Å². The SMILES string of the molecule is COc1ccccc1CNC(=O)c1cncc(Nc2ccc(OC(C)C)cc2)c1. The number of methoxy groups -OCH3 is 1. The summed E-state index contributed by atoms with van der Waals surface area (Å²) in [4.78, 5) is 16.7. The van der Waals surface area contributed by atoms with Crippen molar-refractivity contribution in [2.24, 2.45) is 0 Å². The van der Waals surface area contributed by atoms with Crippen LogP contribution in [0.1, 0.15) is 29.8 Å². The highest BCUT2D eigenvalue weighted by Gasteiger charge is 2.09. The van der Waals surface area contributed by atoms with Crippen LogP contribution in [0.5, 0.6) is 11.5 Å². The number of anilines is 2. The fourth-order valence-corrected chi connectivity index (χ4v) is 2.81. The standard InChI is InChI=1S/C23H25N3O3/c1-16(2)29-21-10-8-19(9-11-21)26-20-12-18(13-24-15-20)23(27)25-14-17-6-4-5-7-22(17)28-3/h4-13,15-16,26H,14H2,1-3H3,(H,25,27). The van der Waals surface area contributed by atoms with Crippen LogP contribution >= 0.6 is 0 Å². The van der Waals surface area contributed by atoms with Gasteiger partial charge < -0.3 is 20.1 Å². The number of hydrogen-bond donors (Lipinski definition) is 2. The Labute approximate surface area is 170 Å². The molecule has 3 aromatic rings. The minimum atomic E-state index is -0.201. The van der Waals surface area contributed by atoms with Gasteiger partial charge in [-0.3, -0.25) is 9.78 Å². The van der Waals surface area contributed by atoms with E-state index in [0.29, 0.717) is 12.1 Å². The van der Waals surface area contributed by atoms with E-state index in [0.717, 1.165) is 28.4 Å². The summed E-state index contributed by atoms with van der Waals surface area (Å²) in [7, 11) is 1.61. The van der Waals surface area contributed by atoms with E-state index < -0.39 is 0 Å². The second kappa shape index (κ2) is 9.59. The van der Waals surface area contributed by atoms with Gasteiger partial charge in [-0.05, 0) is 50.2 Å². The first kappa shape index (κ1) is 20.2. The van der Waals surface area contributed by atoms with Gasteiger partial charge in [0.1, 0.15) is 11.5 Å². The number of ether oxygens (including phenoxy) is 2. The molecule has 3 rings (SSSR count). The molecule has 6 heteroatoms. The molecule has 6 nitrogen and oxygen atoms in total. The van der Waals surface area contributed by atoms with Crippen LogP contribution < -0.4 is 20.1 Å². The Kier molecular flexibility index (Phi) is 6.68. The molecule has 150 valence electrons.